The van der Waals surface area contributed by atoms with Gasteiger partial charge in [0.05, 0.1) is 12.3 Å². The number of carbonyl (C=O) groups excluding carboxylic acids is 1. The van der Waals surface area contributed by atoms with Gasteiger partial charge in [0.15, 0.2) is 0 Å². The van der Waals surface area contributed by atoms with E-state index >= 15 is 0 Å². The SMILES string of the molecule is CS(=O)(=O)NC1CN(C(=O)Cl)C1. The van der Waals surface area contributed by atoms with E-state index in [1.54, 1.807) is 0 Å². The molecule has 70 valence electrons. The van der Waals surface area contributed by atoms with Crippen LogP contribution < -0.4 is 4.72 Å². The average Bonchev–Trinajstić information content (AvgIpc) is 1.74. The molecule has 0 aliphatic carbocycles. The first-order chi connectivity index (χ1) is 5.38. The van der Waals surface area contributed by atoms with E-state index < -0.39 is 15.4 Å². The molecule has 1 saturated heterocycles. The van der Waals surface area contributed by atoms with E-state index in [-0.39, 0.29) is 6.04 Å². The molecule has 0 radical (unpaired) electrons. The lowest BCUT2D eigenvalue weighted by atomic mass is 10.2. The Morgan fingerprint density at radius 1 is 1.58 bits per heavy atom. The summed E-state index contributed by atoms with van der Waals surface area (Å²) >= 11 is 5.13. The number of nitrogens with one attached hydrogen (secondary N) is 1. The normalized spacial score (nSPS) is 19.0. The van der Waals surface area contributed by atoms with Crippen molar-refractivity contribution < 1.29 is 13.2 Å². The van der Waals surface area contributed by atoms with Crippen molar-refractivity contribution in [2.24, 2.45) is 0 Å². The Hall–Kier alpha value is -0.330. The highest BCUT2D eigenvalue weighted by Gasteiger charge is 2.31. The molecule has 0 aromatic rings. The molecule has 0 aromatic carbocycles. The fourth-order valence-corrected chi connectivity index (χ4v) is 1.89. The van der Waals surface area contributed by atoms with E-state index in [0.717, 1.165) is 6.26 Å². The summed E-state index contributed by atoms with van der Waals surface area (Å²) in [5, 5.41) is -0.540. The van der Waals surface area contributed by atoms with Crippen molar-refractivity contribution >= 4 is 27.0 Å². The third-order valence-corrected chi connectivity index (χ3v) is 2.51. The van der Waals surface area contributed by atoms with Gasteiger partial charge in [-0.25, -0.2) is 13.1 Å². The van der Waals surface area contributed by atoms with E-state index in [1.807, 2.05) is 0 Å². The Labute approximate surface area is 75.7 Å². The topological polar surface area (TPSA) is 66.5 Å². The quantitative estimate of drug-likeness (QED) is 0.500. The molecule has 0 atom stereocenters. The van der Waals surface area contributed by atoms with Gasteiger partial charge in [-0.2, -0.15) is 0 Å². The summed E-state index contributed by atoms with van der Waals surface area (Å²) in [6, 6.07) is -0.178. The number of hydrogen-bond acceptors (Lipinski definition) is 3. The number of likely N-dealkylation sites (tertiary alicyclic amines) is 1. The second-order valence-electron chi connectivity index (χ2n) is 2.74. The monoisotopic (exact) mass is 212 g/mol. The summed E-state index contributed by atoms with van der Waals surface area (Å²) in [7, 11) is -3.16. The van der Waals surface area contributed by atoms with Gasteiger partial charge in [-0.1, -0.05) is 0 Å². The molecule has 1 aliphatic heterocycles. The summed E-state index contributed by atoms with van der Waals surface area (Å²) in [5.41, 5.74) is 0. The van der Waals surface area contributed by atoms with Crippen LogP contribution in [-0.2, 0) is 10.0 Å². The summed E-state index contributed by atoms with van der Waals surface area (Å²) in [4.78, 5) is 11.8. The van der Waals surface area contributed by atoms with Crippen molar-refractivity contribution in [3.05, 3.63) is 0 Å². The summed E-state index contributed by atoms with van der Waals surface area (Å²) < 4.78 is 23.7. The molecule has 0 spiro atoms. The molecule has 0 saturated carbocycles. The van der Waals surface area contributed by atoms with Crippen LogP contribution in [0.1, 0.15) is 0 Å². The fourth-order valence-electron chi connectivity index (χ4n) is 0.999. The Kier molecular flexibility index (Phi) is 2.60. The van der Waals surface area contributed by atoms with Crippen LogP contribution in [0, 0.1) is 0 Å². The molecule has 1 aliphatic rings. The molecule has 7 heteroatoms. The largest absolute Gasteiger partial charge is 0.326 e. The average molecular weight is 213 g/mol. The van der Waals surface area contributed by atoms with Crippen LogP contribution in [-0.4, -0.2) is 44.1 Å². The number of rotatable bonds is 2. The summed E-state index contributed by atoms with van der Waals surface area (Å²) in [5.74, 6) is 0. The van der Waals surface area contributed by atoms with Crippen LogP contribution in [0.4, 0.5) is 4.79 Å². The van der Waals surface area contributed by atoms with Gasteiger partial charge in [0.2, 0.25) is 10.0 Å². The number of nitrogens with zero attached hydrogens (tertiary/aromatic N) is 1. The van der Waals surface area contributed by atoms with Crippen molar-refractivity contribution in [3.63, 3.8) is 0 Å². The molecular weight excluding hydrogens is 204 g/mol. The number of halogens is 1. The van der Waals surface area contributed by atoms with E-state index in [1.165, 1.54) is 4.90 Å². The molecule has 5 nitrogen and oxygen atoms in total. The van der Waals surface area contributed by atoms with E-state index in [2.05, 4.69) is 4.72 Å². The van der Waals surface area contributed by atoms with Crippen LogP contribution in [0.3, 0.4) is 0 Å². The Morgan fingerprint density at radius 2 is 2.08 bits per heavy atom. The molecular formula is C5H9ClN2O3S. The van der Waals surface area contributed by atoms with E-state index in [0.29, 0.717) is 13.1 Å². The lowest BCUT2D eigenvalue weighted by molar-refractivity contribution is 0.168. The molecule has 0 bridgehead atoms. The van der Waals surface area contributed by atoms with Crippen molar-refractivity contribution in [3.8, 4) is 0 Å². The second kappa shape index (κ2) is 3.20. The molecule has 1 N–H and O–H groups in total. The van der Waals surface area contributed by atoms with Gasteiger partial charge in [-0.3, -0.25) is 4.79 Å². The van der Waals surface area contributed by atoms with Crippen LogP contribution in [0.25, 0.3) is 0 Å². The van der Waals surface area contributed by atoms with E-state index in [4.69, 9.17) is 11.6 Å². The summed E-state index contributed by atoms with van der Waals surface area (Å²) in [6.45, 7) is 0.713. The van der Waals surface area contributed by atoms with Gasteiger partial charge in [-0.05, 0) is 11.6 Å². The molecule has 0 unspecified atom stereocenters. The number of carbonyl (C=O) groups is 1. The van der Waals surface area contributed by atoms with Crippen LogP contribution in [0.15, 0.2) is 0 Å². The zero-order chi connectivity index (χ0) is 9.35. The summed E-state index contributed by atoms with van der Waals surface area (Å²) in [6.07, 6.45) is 1.08. The maximum absolute atomic E-state index is 10.7. The lowest BCUT2D eigenvalue weighted by Gasteiger charge is -2.37. The van der Waals surface area contributed by atoms with Gasteiger partial charge < -0.3 is 4.90 Å². The van der Waals surface area contributed by atoms with Crippen LogP contribution in [0.2, 0.25) is 0 Å². The molecule has 1 amide bonds. The first kappa shape index (κ1) is 9.76. The van der Waals surface area contributed by atoms with Crippen molar-refractivity contribution in [1.82, 2.24) is 9.62 Å². The van der Waals surface area contributed by atoms with Gasteiger partial charge >= 0.3 is 5.37 Å². The smallest absolute Gasteiger partial charge is 0.316 e. The number of hydrogen-bond donors (Lipinski definition) is 1. The maximum Gasteiger partial charge on any atom is 0.316 e. The van der Waals surface area contributed by atoms with Crippen molar-refractivity contribution in [2.45, 2.75) is 6.04 Å². The highest BCUT2D eigenvalue weighted by molar-refractivity contribution is 7.88. The van der Waals surface area contributed by atoms with Crippen molar-refractivity contribution in [1.29, 1.82) is 0 Å². The number of sulfonamides is 1. The third kappa shape index (κ3) is 2.62. The van der Waals surface area contributed by atoms with Gasteiger partial charge in [0, 0.05) is 13.1 Å². The first-order valence-electron chi connectivity index (χ1n) is 3.30. The van der Waals surface area contributed by atoms with Crippen LogP contribution >= 0.6 is 11.6 Å². The van der Waals surface area contributed by atoms with Gasteiger partial charge in [-0.15, -0.1) is 0 Å². The first-order valence-corrected chi connectivity index (χ1v) is 5.57. The molecule has 1 rings (SSSR count). The van der Waals surface area contributed by atoms with Gasteiger partial charge in [0.25, 0.3) is 0 Å². The Balaban J connectivity index is 2.32. The zero-order valence-corrected chi connectivity index (χ0v) is 8.02. The zero-order valence-electron chi connectivity index (χ0n) is 6.45. The highest BCUT2D eigenvalue weighted by Crippen LogP contribution is 2.10. The minimum Gasteiger partial charge on any atom is -0.326 e. The molecule has 0 aromatic heterocycles. The fraction of sp³-hybridized carbons (Fsp3) is 0.800. The molecule has 1 heterocycles. The third-order valence-electron chi connectivity index (χ3n) is 1.51. The maximum atomic E-state index is 10.7. The van der Waals surface area contributed by atoms with Gasteiger partial charge in [0.1, 0.15) is 0 Å². The predicted molar refractivity (Wildman–Crippen MR) is 44.6 cm³/mol. The standard InChI is InChI=1S/C5H9ClN2O3S/c1-12(10,11)7-4-2-8(3-4)5(6)9/h4,7H,2-3H2,1H3. The highest BCUT2D eigenvalue weighted by atomic mass is 35.5. The lowest BCUT2D eigenvalue weighted by Crippen LogP contribution is -2.59. The number of amides is 1. The minimum atomic E-state index is -3.16. The minimum absolute atomic E-state index is 0.178. The second-order valence-corrected chi connectivity index (χ2v) is 4.85. The van der Waals surface area contributed by atoms with Crippen LogP contribution in [0.5, 0.6) is 0 Å². The van der Waals surface area contributed by atoms with E-state index in [9.17, 15) is 13.2 Å². The molecule has 12 heavy (non-hydrogen) atoms. The Bertz CT molecular complexity index is 283. The molecule has 1 fully saturated rings. The predicted octanol–water partition coefficient (Wildman–Crippen LogP) is -0.421. The van der Waals surface area contributed by atoms with Crippen molar-refractivity contribution in [2.75, 3.05) is 19.3 Å². The Morgan fingerprint density at radius 3 is 2.42 bits per heavy atom.